The van der Waals surface area contributed by atoms with Gasteiger partial charge in [-0.25, -0.2) is 0 Å². The number of hydrogen-bond acceptors (Lipinski definition) is 1. The van der Waals surface area contributed by atoms with E-state index in [9.17, 15) is 13.2 Å². The minimum Gasteiger partial charge on any atom is -0.384 e. The van der Waals surface area contributed by atoms with Crippen LogP contribution in [0, 0.1) is 5.41 Å². The van der Waals surface area contributed by atoms with Crippen LogP contribution in [0.3, 0.4) is 0 Å². The van der Waals surface area contributed by atoms with Crippen molar-refractivity contribution < 1.29 is 13.2 Å². The molecule has 0 aliphatic carbocycles. The van der Waals surface area contributed by atoms with Crippen LogP contribution < -0.4 is 5.73 Å². The molecule has 20 heavy (non-hydrogen) atoms. The maximum atomic E-state index is 12.9. The largest absolute Gasteiger partial charge is 0.416 e. The monoisotopic (exact) mass is 278 g/mol. The fourth-order valence-corrected chi connectivity index (χ4v) is 2.09. The van der Waals surface area contributed by atoms with Gasteiger partial charge in [-0.05, 0) is 23.6 Å². The molecular weight excluding hydrogens is 265 g/mol. The van der Waals surface area contributed by atoms with Gasteiger partial charge in [-0.15, -0.1) is 0 Å². The highest BCUT2D eigenvalue weighted by molar-refractivity contribution is 5.96. The number of nitrogen functional groups attached to an aromatic ring is 1. The number of halogens is 3. The van der Waals surface area contributed by atoms with Crippen molar-refractivity contribution in [1.82, 2.24) is 0 Å². The van der Waals surface area contributed by atoms with Gasteiger partial charge in [-0.1, -0.05) is 42.5 Å². The molecule has 2 nitrogen and oxygen atoms in total. The second kappa shape index (κ2) is 5.36. The number of nitrogens with two attached hydrogens (primary N) is 1. The third-order valence-electron chi connectivity index (χ3n) is 3.01. The van der Waals surface area contributed by atoms with Gasteiger partial charge >= 0.3 is 6.18 Å². The van der Waals surface area contributed by atoms with E-state index in [1.165, 1.54) is 12.1 Å². The van der Waals surface area contributed by atoms with Gasteiger partial charge in [0.05, 0.1) is 5.56 Å². The smallest absolute Gasteiger partial charge is 0.384 e. The second-order valence-electron chi connectivity index (χ2n) is 4.40. The maximum Gasteiger partial charge on any atom is 0.416 e. The molecule has 0 radical (unpaired) electrons. The van der Waals surface area contributed by atoms with Crippen LogP contribution in [0.1, 0.15) is 22.3 Å². The molecule has 0 aliphatic heterocycles. The lowest BCUT2D eigenvalue weighted by Gasteiger charge is -2.14. The summed E-state index contributed by atoms with van der Waals surface area (Å²) in [5.41, 5.74) is 6.04. The molecule has 0 aliphatic rings. The Labute approximate surface area is 114 Å². The number of hydrogen-bond donors (Lipinski definition) is 2. The molecule has 0 unspecified atom stereocenters. The molecule has 0 heterocycles. The molecule has 0 fully saturated rings. The first-order valence-corrected chi connectivity index (χ1v) is 5.97. The SMILES string of the molecule is N=C(N)c1ccccc1Cc1ccccc1C(F)(F)F. The fourth-order valence-electron chi connectivity index (χ4n) is 2.09. The van der Waals surface area contributed by atoms with E-state index in [0.717, 1.165) is 6.07 Å². The fraction of sp³-hybridized carbons (Fsp3) is 0.133. The van der Waals surface area contributed by atoms with Crippen LogP contribution in [0.4, 0.5) is 13.2 Å². The Morgan fingerprint density at radius 2 is 1.50 bits per heavy atom. The van der Waals surface area contributed by atoms with E-state index >= 15 is 0 Å². The molecular formula is C15H13F3N2. The summed E-state index contributed by atoms with van der Waals surface area (Å²) in [6.45, 7) is 0. The predicted molar refractivity (Wildman–Crippen MR) is 71.7 cm³/mol. The number of nitrogens with one attached hydrogen (secondary N) is 1. The molecule has 0 saturated carbocycles. The number of amidine groups is 1. The molecule has 5 heteroatoms. The van der Waals surface area contributed by atoms with Crippen LogP contribution in [-0.2, 0) is 12.6 Å². The summed E-state index contributed by atoms with van der Waals surface area (Å²) in [6.07, 6.45) is -4.30. The van der Waals surface area contributed by atoms with Crippen LogP contribution in [0.25, 0.3) is 0 Å². The summed E-state index contributed by atoms with van der Waals surface area (Å²) in [7, 11) is 0. The van der Waals surface area contributed by atoms with Crippen LogP contribution >= 0.6 is 0 Å². The standard InChI is InChI=1S/C15H13F3N2/c16-15(17,18)13-8-4-2-6-11(13)9-10-5-1-3-7-12(10)14(19)20/h1-8H,9H2,(H3,19,20). The maximum absolute atomic E-state index is 12.9. The normalized spacial score (nSPS) is 11.3. The number of alkyl halides is 3. The molecule has 3 N–H and O–H groups in total. The van der Waals surface area contributed by atoms with Crippen molar-refractivity contribution in [2.75, 3.05) is 0 Å². The van der Waals surface area contributed by atoms with Gasteiger partial charge in [0.25, 0.3) is 0 Å². The van der Waals surface area contributed by atoms with E-state index in [-0.39, 0.29) is 17.8 Å². The Balaban J connectivity index is 2.44. The summed E-state index contributed by atoms with van der Waals surface area (Å²) in [6, 6.07) is 12.2. The average molecular weight is 278 g/mol. The molecule has 2 rings (SSSR count). The third-order valence-corrected chi connectivity index (χ3v) is 3.01. The zero-order valence-electron chi connectivity index (χ0n) is 10.5. The third kappa shape index (κ3) is 2.99. The number of rotatable bonds is 3. The van der Waals surface area contributed by atoms with Crippen molar-refractivity contribution >= 4 is 5.84 Å². The van der Waals surface area contributed by atoms with E-state index in [2.05, 4.69) is 0 Å². The topological polar surface area (TPSA) is 49.9 Å². The molecule has 0 saturated heterocycles. The predicted octanol–water partition coefficient (Wildman–Crippen LogP) is 3.58. The lowest BCUT2D eigenvalue weighted by Crippen LogP contribution is -2.15. The van der Waals surface area contributed by atoms with Gasteiger partial charge < -0.3 is 5.73 Å². The van der Waals surface area contributed by atoms with Gasteiger partial charge in [0.1, 0.15) is 5.84 Å². The van der Waals surface area contributed by atoms with Gasteiger partial charge in [0, 0.05) is 5.56 Å². The van der Waals surface area contributed by atoms with Crippen molar-refractivity contribution in [3.05, 3.63) is 70.8 Å². The van der Waals surface area contributed by atoms with Gasteiger partial charge in [0.2, 0.25) is 0 Å². The van der Waals surface area contributed by atoms with E-state index < -0.39 is 11.7 Å². The van der Waals surface area contributed by atoms with E-state index in [1.807, 2.05) is 0 Å². The van der Waals surface area contributed by atoms with Gasteiger partial charge in [-0.3, -0.25) is 5.41 Å². The van der Waals surface area contributed by atoms with Crippen molar-refractivity contribution in [3.8, 4) is 0 Å². The Kier molecular flexibility index (Phi) is 3.79. The Morgan fingerprint density at radius 1 is 0.950 bits per heavy atom. The Hall–Kier alpha value is -2.30. The summed E-state index contributed by atoms with van der Waals surface area (Å²) in [5, 5.41) is 7.47. The lowest BCUT2D eigenvalue weighted by molar-refractivity contribution is -0.138. The lowest BCUT2D eigenvalue weighted by atomic mass is 9.96. The van der Waals surface area contributed by atoms with E-state index in [4.69, 9.17) is 11.1 Å². The first kappa shape index (κ1) is 14.1. The highest BCUT2D eigenvalue weighted by atomic mass is 19.4. The zero-order valence-corrected chi connectivity index (χ0v) is 10.5. The zero-order chi connectivity index (χ0) is 14.8. The van der Waals surface area contributed by atoms with Gasteiger partial charge in [0.15, 0.2) is 0 Å². The van der Waals surface area contributed by atoms with E-state index in [1.54, 1.807) is 30.3 Å². The highest BCUT2D eigenvalue weighted by Crippen LogP contribution is 2.33. The Morgan fingerprint density at radius 3 is 2.10 bits per heavy atom. The van der Waals surface area contributed by atoms with Crippen LogP contribution in [0.5, 0.6) is 0 Å². The van der Waals surface area contributed by atoms with Crippen molar-refractivity contribution in [3.63, 3.8) is 0 Å². The molecule has 0 amide bonds. The van der Waals surface area contributed by atoms with Crippen molar-refractivity contribution in [2.45, 2.75) is 12.6 Å². The molecule has 2 aromatic rings. The minimum absolute atomic E-state index is 0.0887. The molecule has 0 spiro atoms. The average Bonchev–Trinajstić information content (AvgIpc) is 2.38. The Bertz CT molecular complexity index is 633. The summed E-state index contributed by atoms with van der Waals surface area (Å²) in [5.74, 6) is -0.148. The first-order valence-electron chi connectivity index (χ1n) is 5.97. The summed E-state index contributed by atoms with van der Waals surface area (Å²) < 4.78 is 38.8. The minimum atomic E-state index is -4.39. The first-order chi connectivity index (χ1) is 9.39. The molecule has 0 aromatic heterocycles. The molecule has 104 valence electrons. The van der Waals surface area contributed by atoms with Crippen LogP contribution in [0.2, 0.25) is 0 Å². The van der Waals surface area contributed by atoms with Crippen molar-refractivity contribution in [2.24, 2.45) is 5.73 Å². The molecule has 0 atom stereocenters. The molecule has 0 bridgehead atoms. The quantitative estimate of drug-likeness (QED) is 0.654. The summed E-state index contributed by atoms with van der Waals surface area (Å²) in [4.78, 5) is 0. The highest BCUT2D eigenvalue weighted by Gasteiger charge is 2.32. The summed E-state index contributed by atoms with van der Waals surface area (Å²) >= 11 is 0. The van der Waals surface area contributed by atoms with Crippen LogP contribution in [-0.4, -0.2) is 5.84 Å². The molecule has 2 aromatic carbocycles. The van der Waals surface area contributed by atoms with Gasteiger partial charge in [-0.2, -0.15) is 13.2 Å². The second-order valence-corrected chi connectivity index (χ2v) is 4.40. The van der Waals surface area contributed by atoms with E-state index in [0.29, 0.717) is 11.1 Å². The van der Waals surface area contributed by atoms with Crippen LogP contribution in [0.15, 0.2) is 48.5 Å². The van der Waals surface area contributed by atoms with Crippen molar-refractivity contribution in [1.29, 1.82) is 5.41 Å². The number of benzene rings is 2.